The zero-order valence-corrected chi connectivity index (χ0v) is 11.6. The van der Waals surface area contributed by atoms with Crippen LogP contribution in [0, 0.1) is 0 Å². The van der Waals surface area contributed by atoms with Crippen molar-refractivity contribution in [3.05, 3.63) is 42.1 Å². The average Bonchev–Trinajstić information content (AvgIpc) is 2.37. The van der Waals surface area contributed by atoms with Gasteiger partial charge in [-0.2, -0.15) is 0 Å². The third-order valence-corrected chi connectivity index (χ3v) is 3.71. The second-order valence-electron chi connectivity index (χ2n) is 5.69. The molecule has 0 spiro atoms. The summed E-state index contributed by atoms with van der Waals surface area (Å²) in [7, 11) is 0. The number of nitrogens with one attached hydrogen (secondary N) is 1. The molecule has 0 saturated carbocycles. The van der Waals surface area contributed by atoms with E-state index in [-0.39, 0.29) is 0 Å². The lowest BCUT2D eigenvalue weighted by molar-refractivity contribution is 0.166. The van der Waals surface area contributed by atoms with Crippen molar-refractivity contribution in [1.82, 2.24) is 15.2 Å². The molecule has 2 heterocycles. The SMILES string of the molecule is CC1CN(Cc2ccc3ncccc3c2)CC(C)N1. The van der Waals surface area contributed by atoms with Gasteiger partial charge in [0, 0.05) is 43.3 Å². The molecule has 19 heavy (non-hydrogen) atoms. The number of hydrogen-bond donors (Lipinski definition) is 1. The van der Waals surface area contributed by atoms with Crippen LogP contribution < -0.4 is 5.32 Å². The van der Waals surface area contributed by atoms with E-state index in [2.05, 4.69) is 53.3 Å². The number of benzene rings is 1. The Morgan fingerprint density at radius 1 is 1.21 bits per heavy atom. The normalized spacial score (nSPS) is 24.7. The quantitative estimate of drug-likeness (QED) is 0.893. The van der Waals surface area contributed by atoms with E-state index in [1.165, 1.54) is 10.9 Å². The molecule has 2 aromatic rings. The monoisotopic (exact) mass is 255 g/mol. The minimum Gasteiger partial charge on any atom is -0.309 e. The van der Waals surface area contributed by atoms with Crippen LogP contribution >= 0.6 is 0 Å². The van der Waals surface area contributed by atoms with Gasteiger partial charge in [-0.1, -0.05) is 12.1 Å². The van der Waals surface area contributed by atoms with Crippen molar-refractivity contribution in [2.75, 3.05) is 13.1 Å². The maximum Gasteiger partial charge on any atom is 0.0702 e. The summed E-state index contributed by atoms with van der Waals surface area (Å²) in [5.74, 6) is 0. The number of hydrogen-bond acceptors (Lipinski definition) is 3. The van der Waals surface area contributed by atoms with Gasteiger partial charge in [-0.3, -0.25) is 9.88 Å². The second-order valence-corrected chi connectivity index (χ2v) is 5.69. The molecule has 0 amide bonds. The predicted octanol–water partition coefficient (Wildman–Crippen LogP) is 2.42. The minimum atomic E-state index is 0.575. The van der Waals surface area contributed by atoms with Crippen molar-refractivity contribution < 1.29 is 0 Å². The zero-order chi connectivity index (χ0) is 13.2. The lowest BCUT2D eigenvalue weighted by atomic mass is 10.1. The van der Waals surface area contributed by atoms with Crippen LogP contribution in [0.25, 0.3) is 10.9 Å². The Labute approximate surface area is 114 Å². The van der Waals surface area contributed by atoms with Gasteiger partial charge in [0.25, 0.3) is 0 Å². The molecule has 0 aliphatic carbocycles. The third kappa shape index (κ3) is 2.94. The van der Waals surface area contributed by atoms with Gasteiger partial charge < -0.3 is 5.32 Å². The smallest absolute Gasteiger partial charge is 0.0702 e. The highest BCUT2D eigenvalue weighted by atomic mass is 15.2. The van der Waals surface area contributed by atoms with Crippen molar-refractivity contribution in [2.24, 2.45) is 0 Å². The topological polar surface area (TPSA) is 28.2 Å². The summed E-state index contributed by atoms with van der Waals surface area (Å²) < 4.78 is 0. The van der Waals surface area contributed by atoms with Crippen LogP contribution in [0.2, 0.25) is 0 Å². The van der Waals surface area contributed by atoms with Gasteiger partial charge in [0.2, 0.25) is 0 Å². The van der Waals surface area contributed by atoms with E-state index < -0.39 is 0 Å². The van der Waals surface area contributed by atoms with Crippen LogP contribution in [-0.2, 0) is 6.54 Å². The maximum atomic E-state index is 4.37. The molecule has 1 aromatic carbocycles. The van der Waals surface area contributed by atoms with E-state index in [0.29, 0.717) is 12.1 Å². The van der Waals surface area contributed by atoms with Crippen molar-refractivity contribution in [3.63, 3.8) is 0 Å². The zero-order valence-electron chi connectivity index (χ0n) is 11.6. The molecule has 2 atom stereocenters. The Bertz CT molecular complexity index is 557. The number of aromatic nitrogens is 1. The van der Waals surface area contributed by atoms with Crippen molar-refractivity contribution in [1.29, 1.82) is 0 Å². The van der Waals surface area contributed by atoms with Crippen LogP contribution in [0.4, 0.5) is 0 Å². The minimum absolute atomic E-state index is 0.575. The van der Waals surface area contributed by atoms with E-state index in [1.54, 1.807) is 0 Å². The van der Waals surface area contributed by atoms with Gasteiger partial charge in [-0.05, 0) is 37.6 Å². The van der Waals surface area contributed by atoms with Crippen LogP contribution in [0.5, 0.6) is 0 Å². The van der Waals surface area contributed by atoms with Crippen LogP contribution in [0.3, 0.4) is 0 Å². The molecule has 1 N–H and O–H groups in total. The molecule has 1 saturated heterocycles. The van der Waals surface area contributed by atoms with Gasteiger partial charge in [0.05, 0.1) is 5.52 Å². The summed E-state index contributed by atoms with van der Waals surface area (Å²) in [5.41, 5.74) is 2.45. The molecule has 0 bridgehead atoms. The molecule has 3 heteroatoms. The standard InChI is InChI=1S/C16H21N3/c1-12-9-19(10-13(2)18-12)11-14-5-6-16-15(8-14)4-3-7-17-16/h3-8,12-13,18H,9-11H2,1-2H3. The number of nitrogens with zero attached hydrogens (tertiary/aromatic N) is 2. The first kappa shape index (κ1) is 12.6. The lowest BCUT2D eigenvalue weighted by Crippen LogP contribution is -2.53. The molecule has 0 radical (unpaired) electrons. The molecule has 100 valence electrons. The van der Waals surface area contributed by atoms with E-state index in [9.17, 15) is 0 Å². The summed E-state index contributed by atoms with van der Waals surface area (Å²) >= 11 is 0. The summed E-state index contributed by atoms with van der Waals surface area (Å²) in [6, 6.07) is 11.9. The number of pyridine rings is 1. The number of fused-ring (bicyclic) bond motifs is 1. The van der Waals surface area contributed by atoms with Crippen molar-refractivity contribution in [2.45, 2.75) is 32.5 Å². The fourth-order valence-corrected chi connectivity index (χ4v) is 3.05. The van der Waals surface area contributed by atoms with Crippen molar-refractivity contribution in [3.8, 4) is 0 Å². The van der Waals surface area contributed by atoms with Gasteiger partial charge in [0.15, 0.2) is 0 Å². The Morgan fingerprint density at radius 3 is 2.79 bits per heavy atom. The summed E-state index contributed by atoms with van der Waals surface area (Å²) in [4.78, 5) is 6.90. The van der Waals surface area contributed by atoms with Crippen LogP contribution in [-0.4, -0.2) is 35.1 Å². The lowest BCUT2D eigenvalue weighted by Gasteiger charge is -2.36. The molecular formula is C16H21N3. The number of piperazine rings is 1. The van der Waals surface area contributed by atoms with Gasteiger partial charge in [0.1, 0.15) is 0 Å². The van der Waals surface area contributed by atoms with Gasteiger partial charge in [-0.25, -0.2) is 0 Å². The molecule has 3 rings (SSSR count). The highest BCUT2D eigenvalue weighted by Gasteiger charge is 2.20. The Morgan fingerprint density at radius 2 is 2.00 bits per heavy atom. The third-order valence-electron chi connectivity index (χ3n) is 3.71. The fourth-order valence-electron chi connectivity index (χ4n) is 3.05. The molecule has 1 aromatic heterocycles. The summed E-state index contributed by atoms with van der Waals surface area (Å²) in [6.45, 7) is 7.78. The molecule has 1 aliphatic rings. The first-order valence-corrected chi connectivity index (χ1v) is 7.03. The maximum absolute atomic E-state index is 4.37. The molecule has 1 aliphatic heterocycles. The highest BCUT2D eigenvalue weighted by Crippen LogP contribution is 2.16. The van der Waals surface area contributed by atoms with E-state index in [4.69, 9.17) is 0 Å². The second kappa shape index (κ2) is 5.27. The Kier molecular flexibility index (Phi) is 3.49. The van der Waals surface area contributed by atoms with Crippen LogP contribution in [0.1, 0.15) is 19.4 Å². The van der Waals surface area contributed by atoms with Gasteiger partial charge in [-0.15, -0.1) is 0 Å². The fraction of sp³-hybridized carbons (Fsp3) is 0.438. The summed E-state index contributed by atoms with van der Waals surface area (Å²) in [5, 5.41) is 4.81. The average molecular weight is 255 g/mol. The molecule has 1 fully saturated rings. The number of rotatable bonds is 2. The highest BCUT2D eigenvalue weighted by molar-refractivity contribution is 5.78. The van der Waals surface area contributed by atoms with Crippen LogP contribution in [0.15, 0.2) is 36.5 Å². The van der Waals surface area contributed by atoms with Crippen molar-refractivity contribution >= 4 is 10.9 Å². The Hall–Kier alpha value is -1.45. The largest absolute Gasteiger partial charge is 0.309 e. The van der Waals surface area contributed by atoms with E-state index in [1.807, 2.05) is 12.3 Å². The first-order chi connectivity index (χ1) is 9.20. The first-order valence-electron chi connectivity index (χ1n) is 7.03. The predicted molar refractivity (Wildman–Crippen MR) is 79.1 cm³/mol. The van der Waals surface area contributed by atoms with Gasteiger partial charge >= 0.3 is 0 Å². The molecular weight excluding hydrogens is 234 g/mol. The van der Waals surface area contributed by atoms with E-state index >= 15 is 0 Å². The van der Waals surface area contributed by atoms with E-state index in [0.717, 1.165) is 25.2 Å². The molecule has 3 nitrogen and oxygen atoms in total. The molecule has 2 unspecified atom stereocenters. The summed E-state index contributed by atoms with van der Waals surface area (Å²) in [6.07, 6.45) is 1.85. The Balaban J connectivity index is 1.77.